The molecular formula is C61H74N9O13P. The van der Waals surface area contributed by atoms with Crippen molar-refractivity contribution in [2.45, 2.75) is 124 Å². The van der Waals surface area contributed by atoms with E-state index in [0.717, 1.165) is 40.8 Å². The van der Waals surface area contributed by atoms with E-state index in [4.69, 9.17) is 33.3 Å². The number of carbonyl (C=O) groups excluding carboxylic acids is 7. The van der Waals surface area contributed by atoms with Gasteiger partial charge in [0.05, 0.1) is 75.5 Å². The molecule has 3 aromatic carbocycles. The van der Waals surface area contributed by atoms with Crippen LogP contribution >= 0.6 is 8.53 Å². The van der Waals surface area contributed by atoms with Gasteiger partial charge in [-0.3, -0.25) is 24.1 Å². The maximum Gasteiger partial charge on any atom is 0.419 e. The Morgan fingerprint density at radius 2 is 1.12 bits per heavy atom. The highest BCUT2D eigenvalue weighted by molar-refractivity contribution is 7.44. The topological polar surface area (TPSA) is 228 Å². The van der Waals surface area contributed by atoms with Crippen molar-refractivity contribution in [1.82, 2.24) is 18.7 Å². The highest BCUT2D eigenvalue weighted by atomic mass is 31.2. The third-order valence-electron chi connectivity index (χ3n) is 16.2. The van der Waals surface area contributed by atoms with E-state index < -0.39 is 44.7 Å². The Balaban J connectivity index is 0.885. The number of aromatic nitrogens is 2. The van der Waals surface area contributed by atoms with Crippen molar-refractivity contribution in [3.63, 3.8) is 0 Å². The molecule has 5 aromatic rings. The number of unbranched alkanes of at least 4 members (excludes halogenated alkanes) is 2. The van der Waals surface area contributed by atoms with Gasteiger partial charge < -0.3 is 47.6 Å². The molecule has 2 unspecified atom stereocenters. The van der Waals surface area contributed by atoms with Crippen molar-refractivity contribution in [3.05, 3.63) is 82.2 Å². The number of nitriles is 1. The van der Waals surface area contributed by atoms with Crippen LogP contribution in [0.2, 0.25) is 0 Å². The lowest BCUT2D eigenvalue weighted by Gasteiger charge is -2.35. The number of hydrogen-bond acceptors (Lipinski definition) is 15. The number of carbonyl (C=O) groups is 7. The van der Waals surface area contributed by atoms with E-state index in [1.807, 2.05) is 6.07 Å². The smallest absolute Gasteiger partial charge is 0.419 e. The van der Waals surface area contributed by atoms with Crippen LogP contribution in [-0.4, -0.2) is 158 Å². The summed E-state index contributed by atoms with van der Waals surface area (Å²) in [6.45, 7) is 17.0. The molecule has 23 heteroatoms. The molecule has 5 aliphatic rings. The molecule has 1 saturated heterocycles. The number of nitrogens with zero attached hydrogens (tertiary/aromatic N) is 9. The molecule has 0 radical (unpaired) electrons. The second kappa shape index (κ2) is 25.8. The van der Waals surface area contributed by atoms with Crippen LogP contribution in [0.3, 0.4) is 0 Å². The number of morpholine rings is 1. The Morgan fingerprint density at radius 1 is 0.619 bits per heavy atom. The van der Waals surface area contributed by atoms with E-state index in [0.29, 0.717) is 117 Å². The lowest BCUT2D eigenvalue weighted by Crippen LogP contribution is -2.52. The second-order valence-electron chi connectivity index (χ2n) is 21.8. The quantitative estimate of drug-likeness (QED) is 0.0426. The monoisotopic (exact) mass is 1170 g/mol. The third-order valence-corrected chi connectivity index (χ3v) is 18.3. The van der Waals surface area contributed by atoms with Gasteiger partial charge in [0.1, 0.15) is 17.4 Å². The normalized spacial score (nSPS) is 16.6. The Bertz CT molecular complexity index is 3430. The average Bonchev–Trinajstić information content (AvgIpc) is 1.74. The van der Waals surface area contributed by atoms with Crippen LogP contribution in [0.5, 0.6) is 0 Å². The van der Waals surface area contributed by atoms with E-state index in [1.54, 1.807) is 82.8 Å². The summed E-state index contributed by atoms with van der Waals surface area (Å²) in [6, 6.07) is 15.6. The first-order valence-corrected chi connectivity index (χ1v) is 30.6. The summed E-state index contributed by atoms with van der Waals surface area (Å²) in [7, 11) is -1.34. The number of rotatable bonds is 19. The molecular weight excluding hydrogens is 1100 g/mol. The number of amides is 5. The molecule has 0 aliphatic carbocycles. The Hall–Kier alpha value is -7.41. The second-order valence-corrected chi connectivity index (χ2v) is 23.3. The summed E-state index contributed by atoms with van der Waals surface area (Å²) in [6.07, 6.45) is 2.25. The lowest BCUT2D eigenvalue weighted by molar-refractivity contribution is -0.136. The molecule has 2 atom stereocenters. The fourth-order valence-corrected chi connectivity index (χ4v) is 14.3. The molecule has 0 N–H and O–H groups in total. The summed E-state index contributed by atoms with van der Waals surface area (Å²) >= 11 is 0. The lowest BCUT2D eigenvalue weighted by atomic mass is 10.0. The van der Waals surface area contributed by atoms with Gasteiger partial charge in [0.15, 0.2) is 0 Å². The van der Waals surface area contributed by atoms with Crippen LogP contribution in [0.1, 0.15) is 124 Å². The first kappa shape index (κ1) is 59.7. The van der Waals surface area contributed by atoms with Gasteiger partial charge in [0.2, 0.25) is 11.8 Å². The first-order valence-electron chi connectivity index (χ1n) is 29.4. The molecule has 10 rings (SSSR count). The van der Waals surface area contributed by atoms with Crippen LogP contribution in [0.4, 0.5) is 37.1 Å². The zero-order valence-electron chi connectivity index (χ0n) is 49.0. The van der Waals surface area contributed by atoms with Crippen molar-refractivity contribution >= 4 is 95.0 Å². The van der Waals surface area contributed by atoms with E-state index in [2.05, 4.69) is 38.4 Å². The predicted molar refractivity (Wildman–Crippen MR) is 316 cm³/mol. The molecule has 446 valence electrons. The highest BCUT2D eigenvalue weighted by Crippen LogP contribution is 2.47. The van der Waals surface area contributed by atoms with Gasteiger partial charge in [-0.05, 0) is 151 Å². The predicted octanol–water partition coefficient (Wildman–Crippen LogP) is 9.50. The molecule has 22 nitrogen and oxygen atoms in total. The Kier molecular flexibility index (Phi) is 18.4. The fraction of sp³-hybridized carbons (Fsp3) is 0.508. The summed E-state index contributed by atoms with van der Waals surface area (Å²) in [5.41, 5.74) is 6.67. The van der Waals surface area contributed by atoms with Gasteiger partial charge in [0, 0.05) is 85.5 Å². The summed E-state index contributed by atoms with van der Waals surface area (Å²) < 4.78 is 39.1. The average molecular weight is 1170 g/mol. The minimum Gasteiger partial charge on any atom is -0.449 e. The van der Waals surface area contributed by atoms with Gasteiger partial charge in [-0.2, -0.15) is 5.26 Å². The van der Waals surface area contributed by atoms with Gasteiger partial charge in [-0.25, -0.2) is 28.2 Å². The van der Waals surface area contributed by atoms with Gasteiger partial charge in [0.25, 0.3) is 20.3 Å². The molecule has 0 spiro atoms. The van der Waals surface area contributed by atoms with E-state index in [1.165, 1.54) is 14.0 Å². The Morgan fingerprint density at radius 3 is 1.68 bits per heavy atom. The van der Waals surface area contributed by atoms with Crippen LogP contribution in [0, 0.1) is 11.3 Å². The molecule has 0 bridgehead atoms. The number of benzene rings is 3. The van der Waals surface area contributed by atoms with Crippen molar-refractivity contribution in [2.75, 3.05) is 98.6 Å². The Labute approximate surface area is 489 Å². The summed E-state index contributed by atoms with van der Waals surface area (Å²) in [5.74, 6) is -1.14. The summed E-state index contributed by atoms with van der Waals surface area (Å²) in [4.78, 5) is 108. The number of fused-ring (bicyclic) bond motifs is 9. The van der Waals surface area contributed by atoms with Crippen molar-refractivity contribution in [1.29, 1.82) is 5.26 Å². The van der Waals surface area contributed by atoms with E-state index >= 15 is 9.59 Å². The zero-order valence-corrected chi connectivity index (χ0v) is 49.9. The maximum absolute atomic E-state index is 15.1. The maximum atomic E-state index is 15.1. The zero-order chi connectivity index (χ0) is 59.5. The minimum absolute atomic E-state index is 0.0194. The van der Waals surface area contributed by atoms with Crippen LogP contribution in [-0.2, 0) is 63.3 Å². The van der Waals surface area contributed by atoms with Crippen LogP contribution < -0.4 is 19.6 Å². The van der Waals surface area contributed by atoms with Crippen LogP contribution in [0.25, 0.3) is 21.8 Å². The molecule has 5 aliphatic heterocycles. The molecule has 0 saturated carbocycles. The molecule has 7 heterocycles. The van der Waals surface area contributed by atoms with Gasteiger partial charge in [-0.15, -0.1) is 0 Å². The van der Waals surface area contributed by atoms with Gasteiger partial charge >= 0.3 is 18.3 Å². The van der Waals surface area contributed by atoms with Crippen LogP contribution in [0.15, 0.2) is 48.5 Å². The third kappa shape index (κ3) is 11.2. The molecule has 5 amide bonds. The standard InChI is InChI=1S/C61H74N9O13P/c1-8-79-59(75)67-49-20-17-47-41(43(49)35-52(67)56(72)63-29-33-78-34-30-63)23-27-65(47)58(74)54-37-45-42-24-28-66(48(42)18-21-51(45)69(54)61(77)81-10-3)57(73)53-36-44-40-22-26-64(46(40)16-19-50(44)68(53)60(76)80-9-2)55(71)15-12-11-13-31-82-84(83-32-14-25-62)70(38(4)5)39(6)7/h16-21,36-39,52H,8-15,22-24,26-35H2,1-7H3. The van der Waals surface area contributed by atoms with E-state index in [9.17, 15) is 24.0 Å². The number of ether oxygens (including phenoxy) is 4. The molecule has 1 fully saturated rings. The minimum atomic E-state index is -1.34. The van der Waals surface area contributed by atoms with Gasteiger partial charge in [-0.1, -0.05) is 6.42 Å². The van der Waals surface area contributed by atoms with Crippen molar-refractivity contribution in [2.24, 2.45) is 0 Å². The highest BCUT2D eigenvalue weighted by Gasteiger charge is 2.45. The largest absolute Gasteiger partial charge is 0.449 e. The fourth-order valence-electron chi connectivity index (χ4n) is 12.6. The molecule has 2 aromatic heterocycles. The first-order chi connectivity index (χ1) is 40.6. The summed E-state index contributed by atoms with van der Waals surface area (Å²) in [5, 5.41) is 10.3. The molecule has 84 heavy (non-hydrogen) atoms. The SMILES string of the molecule is CCOC(=O)N1c2ccc3c(c2CC1C(=O)N1CCOCC1)CCN3C(=O)c1cc2c3c(ccc2n1C(=O)OCC)N(C(=O)c1cc2c4c(ccc2n1C(=O)OCC)N(C(=O)CCCCCOP(OCCC#N)N(C(C)C)C(C)C)CC4)CC3. The van der Waals surface area contributed by atoms with Crippen molar-refractivity contribution < 1.29 is 61.6 Å². The van der Waals surface area contributed by atoms with Crippen molar-refractivity contribution in [3.8, 4) is 6.07 Å². The van der Waals surface area contributed by atoms with E-state index in [-0.39, 0.29) is 81.0 Å². The number of hydrogen-bond donors (Lipinski definition) is 0. The number of anilines is 4.